The van der Waals surface area contributed by atoms with Crippen molar-refractivity contribution < 1.29 is 19.1 Å². The number of ether oxygens (including phenoxy) is 2. The van der Waals surface area contributed by atoms with E-state index >= 15 is 0 Å². The summed E-state index contributed by atoms with van der Waals surface area (Å²) in [4.78, 5) is 29.2. The Balaban J connectivity index is 1.62. The van der Waals surface area contributed by atoms with Gasteiger partial charge >= 0.3 is 0 Å². The molecule has 1 atom stereocenters. The number of nitrogens with zero attached hydrogens (tertiary/aromatic N) is 1. The molecule has 0 saturated heterocycles. The summed E-state index contributed by atoms with van der Waals surface area (Å²) in [6.07, 6.45) is 4.60. The van der Waals surface area contributed by atoms with Crippen LogP contribution in [-0.2, 0) is 22.6 Å². The first-order valence-electron chi connectivity index (χ1n) is 13.4. The van der Waals surface area contributed by atoms with Crippen LogP contribution in [0.2, 0.25) is 0 Å². The highest BCUT2D eigenvalue weighted by molar-refractivity contribution is 5.88. The van der Waals surface area contributed by atoms with Gasteiger partial charge in [-0.05, 0) is 73.2 Å². The Labute approximate surface area is 226 Å². The van der Waals surface area contributed by atoms with Gasteiger partial charge < -0.3 is 19.7 Å². The second kappa shape index (κ2) is 13.1. The van der Waals surface area contributed by atoms with Gasteiger partial charge in [-0.1, -0.05) is 61.4 Å². The van der Waals surface area contributed by atoms with Crippen molar-refractivity contribution in [2.75, 3.05) is 13.7 Å². The molecule has 1 aliphatic rings. The fraction of sp³-hybridized carbons (Fsp3) is 0.375. The minimum Gasteiger partial charge on any atom is -0.497 e. The lowest BCUT2D eigenvalue weighted by Gasteiger charge is -2.32. The summed E-state index contributed by atoms with van der Waals surface area (Å²) in [7, 11) is 1.62. The van der Waals surface area contributed by atoms with Crippen molar-refractivity contribution in [1.82, 2.24) is 10.2 Å². The van der Waals surface area contributed by atoms with Gasteiger partial charge in [0, 0.05) is 19.0 Å². The molecule has 4 rings (SSSR count). The maximum atomic E-state index is 13.8. The van der Waals surface area contributed by atoms with Crippen molar-refractivity contribution >= 4 is 11.8 Å². The van der Waals surface area contributed by atoms with E-state index in [1.807, 2.05) is 86.6 Å². The van der Waals surface area contributed by atoms with Crippen LogP contribution in [0.25, 0.3) is 0 Å². The topological polar surface area (TPSA) is 67.9 Å². The lowest BCUT2D eigenvalue weighted by molar-refractivity contribution is -0.143. The third kappa shape index (κ3) is 7.37. The molecule has 0 unspecified atom stereocenters. The molecule has 0 aromatic heterocycles. The minimum atomic E-state index is -0.681. The fourth-order valence-electron chi connectivity index (χ4n) is 4.92. The first kappa shape index (κ1) is 27.2. The molecule has 1 aliphatic carbocycles. The van der Waals surface area contributed by atoms with Gasteiger partial charge in [-0.25, -0.2) is 0 Å². The zero-order valence-electron chi connectivity index (χ0n) is 22.6. The van der Waals surface area contributed by atoms with Crippen molar-refractivity contribution in [3.63, 3.8) is 0 Å². The van der Waals surface area contributed by atoms with Gasteiger partial charge in [0.15, 0.2) is 6.61 Å². The number of methoxy groups -OCH3 is 1. The molecule has 0 spiro atoms. The first-order valence-corrected chi connectivity index (χ1v) is 13.4. The fourth-order valence-corrected chi connectivity index (χ4v) is 4.92. The summed E-state index contributed by atoms with van der Waals surface area (Å²) in [6.45, 7) is 4.16. The van der Waals surface area contributed by atoms with Crippen LogP contribution in [0, 0.1) is 13.8 Å². The van der Waals surface area contributed by atoms with E-state index in [-0.39, 0.29) is 31.0 Å². The maximum absolute atomic E-state index is 13.8. The summed E-state index contributed by atoms with van der Waals surface area (Å²) in [6, 6.07) is 22.7. The van der Waals surface area contributed by atoms with Crippen molar-refractivity contribution in [3.8, 4) is 11.5 Å². The van der Waals surface area contributed by atoms with Crippen LogP contribution in [-0.4, -0.2) is 42.5 Å². The number of aryl methyl sites for hydroxylation is 2. The number of benzene rings is 3. The van der Waals surface area contributed by atoms with E-state index in [0.717, 1.165) is 47.9 Å². The molecule has 3 aromatic rings. The molecule has 6 nitrogen and oxygen atoms in total. The largest absolute Gasteiger partial charge is 0.497 e. The highest BCUT2D eigenvalue weighted by Crippen LogP contribution is 2.22. The quantitative estimate of drug-likeness (QED) is 0.373. The zero-order valence-corrected chi connectivity index (χ0v) is 22.6. The Morgan fingerprint density at radius 3 is 2.34 bits per heavy atom. The third-order valence-electron chi connectivity index (χ3n) is 7.30. The van der Waals surface area contributed by atoms with Crippen LogP contribution in [0.4, 0.5) is 0 Å². The second-order valence-corrected chi connectivity index (χ2v) is 10.1. The van der Waals surface area contributed by atoms with Gasteiger partial charge in [0.25, 0.3) is 5.91 Å². The SMILES string of the molecule is COc1cccc(CN(C(=O)COc2ccc(C)c(C)c2)[C@H](Cc2ccccc2)C(=O)NC2CCCC2)c1. The number of amides is 2. The summed E-state index contributed by atoms with van der Waals surface area (Å²) in [5.74, 6) is 0.978. The third-order valence-corrected chi connectivity index (χ3v) is 7.30. The standard InChI is InChI=1S/C32H38N2O4/c1-23-16-17-29(18-24(23)2)38-22-31(35)34(21-26-12-9-15-28(19-26)37-3)30(20-25-10-5-4-6-11-25)32(36)33-27-13-7-8-14-27/h4-6,9-12,15-19,27,30H,7-8,13-14,20-22H2,1-3H3,(H,33,36)/t30-/m1/s1. The Morgan fingerprint density at radius 1 is 0.895 bits per heavy atom. The molecule has 38 heavy (non-hydrogen) atoms. The van der Waals surface area contributed by atoms with E-state index in [9.17, 15) is 9.59 Å². The second-order valence-electron chi connectivity index (χ2n) is 10.1. The van der Waals surface area contributed by atoms with Gasteiger partial charge in [-0.3, -0.25) is 9.59 Å². The highest BCUT2D eigenvalue weighted by Gasteiger charge is 2.32. The van der Waals surface area contributed by atoms with Crippen LogP contribution in [0.3, 0.4) is 0 Å². The van der Waals surface area contributed by atoms with E-state index in [0.29, 0.717) is 17.9 Å². The molecule has 0 bridgehead atoms. The molecule has 3 aromatic carbocycles. The molecule has 200 valence electrons. The molecule has 2 amide bonds. The van der Waals surface area contributed by atoms with Gasteiger partial charge in [0.05, 0.1) is 7.11 Å². The minimum absolute atomic E-state index is 0.122. The Bertz CT molecular complexity index is 1220. The molecule has 1 N–H and O–H groups in total. The summed E-state index contributed by atoms with van der Waals surface area (Å²) >= 11 is 0. The molecular weight excluding hydrogens is 476 g/mol. The van der Waals surface area contributed by atoms with Gasteiger partial charge in [-0.2, -0.15) is 0 Å². The first-order chi connectivity index (χ1) is 18.4. The maximum Gasteiger partial charge on any atom is 0.261 e. The Hall–Kier alpha value is -3.80. The highest BCUT2D eigenvalue weighted by atomic mass is 16.5. The molecular formula is C32H38N2O4. The molecule has 6 heteroatoms. The summed E-state index contributed by atoms with van der Waals surface area (Å²) in [5, 5.41) is 3.23. The van der Waals surface area contributed by atoms with E-state index in [1.54, 1.807) is 12.0 Å². The average Bonchev–Trinajstić information content (AvgIpc) is 3.44. The van der Waals surface area contributed by atoms with Crippen molar-refractivity contribution in [1.29, 1.82) is 0 Å². The molecule has 0 heterocycles. The number of carbonyl (C=O) groups is 2. The normalized spacial score (nSPS) is 14.1. The van der Waals surface area contributed by atoms with E-state index in [4.69, 9.17) is 9.47 Å². The lowest BCUT2D eigenvalue weighted by Crippen LogP contribution is -2.53. The number of hydrogen-bond acceptors (Lipinski definition) is 4. The number of carbonyl (C=O) groups excluding carboxylic acids is 2. The van der Waals surface area contributed by atoms with Gasteiger partial charge in [0.1, 0.15) is 17.5 Å². The number of hydrogen-bond donors (Lipinski definition) is 1. The molecule has 1 fully saturated rings. The number of nitrogens with one attached hydrogen (secondary N) is 1. The predicted molar refractivity (Wildman–Crippen MR) is 149 cm³/mol. The van der Waals surface area contributed by atoms with Crippen LogP contribution in [0.15, 0.2) is 72.8 Å². The molecule has 1 saturated carbocycles. The van der Waals surface area contributed by atoms with Crippen molar-refractivity contribution in [2.45, 2.75) is 64.6 Å². The van der Waals surface area contributed by atoms with Crippen LogP contribution in [0.5, 0.6) is 11.5 Å². The zero-order chi connectivity index (χ0) is 26.9. The van der Waals surface area contributed by atoms with E-state index in [1.165, 1.54) is 0 Å². The van der Waals surface area contributed by atoms with E-state index < -0.39 is 6.04 Å². The Kier molecular flexibility index (Phi) is 9.41. The Morgan fingerprint density at radius 2 is 1.63 bits per heavy atom. The average molecular weight is 515 g/mol. The predicted octanol–water partition coefficient (Wildman–Crippen LogP) is 5.39. The van der Waals surface area contributed by atoms with Crippen LogP contribution < -0.4 is 14.8 Å². The smallest absolute Gasteiger partial charge is 0.261 e. The van der Waals surface area contributed by atoms with Crippen molar-refractivity contribution in [2.24, 2.45) is 0 Å². The molecule has 0 aliphatic heterocycles. The molecule has 0 radical (unpaired) electrons. The number of rotatable bonds is 11. The summed E-state index contributed by atoms with van der Waals surface area (Å²) in [5.41, 5.74) is 4.14. The van der Waals surface area contributed by atoms with E-state index in [2.05, 4.69) is 5.32 Å². The van der Waals surface area contributed by atoms with Gasteiger partial charge in [-0.15, -0.1) is 0 Å². The lowest BCUT2D eigenvalue weighted by atomic mass is 10.0. The monoisotopic (exact) mass is 514 g/mol. The van der Waals surface area contributed by atoms with Crippen LogP contribution in [0.1, 0.15) is 47.9 Å². The summed E-state index contributed by atoms with van der Waals surface area (Å²) < 4.78 is 11.3. The van der Waals surface area contributed by atoms with Gasteiger partial charge in [0.2, 0.25) is 5.91 Å². The van der Waals surface area contributed by atoms with Crippen molar-refractivity contribution in [3.05, 3.63) is 95.1 Å². The van der Waals surface area contributed by atoms with Crippen LogP contribution >= 0.6 is 0 Å².